The summed E-state index contributed by atoms with van der Waals surface area (Å²) in [5.41, 5.74) is 2.37. The van der Waals surface area contributed by atoms with Gasteiger partial charge in [-0.3, -0.25) is 4.79 Å². The third kappa shape index (κ3) is 3.16. The summed E-state index contributed by atoms with van der Waals surface area (Å²) in [5, 5.41) is 5.37. The Morgan fingerprint density at radius 3 is 2.86 bits per heavy atom. The molecule has 1 aromatic rings. The van der Waals surface area contributed by atoms with Crippen LogP contribution in [0.1, 0.15) is 47.0 Å². The Balaban J connectivity index is 1.67. The first-order valence-corrected chi connectivity index (χ1v) is 9.10. The molecule has 1 aliphatic heterocycles. The van der Waals surface area contributed by atoms with Gasteiger partial charge in [-0.1, -0.05) is 6.92 Å². The summed E-state index contributed by atoms with van der Waals surface area (Å²) in [7, 11) is 2.01. The quantitative estimate of drug-likeness (QED) is 0.931. The molecule has 1 fully saturated rings. The number of piperidine rings is 1. The number of likely N-dealkylation sites (tertiary alicyclic amines) is 1. The summed E-state index contributed by atoms with van der Waals surface area (Å²) in [6, 6.07) is 0. The lowest BCUT2D eigenvalue weighted by Gasteiger charge is -2.32. The molecule has 116 valence electrons. The molecule has 0 bridgehead atoms. The van der Waals surface area contributed by atoms with Gasteiger partial charge in [0.1, 0.15) is 0 Å². The molecule has 0 aromatic carbocycles. The molecular formula is C17H26N2OS. The first-order chi connectivity index (χ1) is 10.2. The average Bonchev–Trinajstić information content (AvgIpc) is 2.90. The van der Waals surface area contributed by atoms with Gasteiger partial charge >= 0.3 is 0 Å². The van der Waals surface area contributed by atoms with Gasteiger partial charge in [0.15, 0.2) is 0 Å². The van der Waals surface area contributed by atoms with Crippen molar-refractivity contribution in [2.45, 2.75) is 39.0 Å². The minimum absolute atomic E-state index is 0.282. The maximum atomic E-state index is 12.8. The summed E-state index contributed by atoms with van der Waals surface area (Å²) in [4.78, 5) is 16.3. The molecule has 21 heavy (non-hydrogen) atoms. The van der Waals surface area contributed by atoms with E-state index >= 15 is 0 Å². The first-order valence-electron chi connectivity index (χ1n) is 8.22. The fraction of sp³-hybridized carbons (Fsp3) is 0.706. The first kappa shape index (κ1) is 15.0. The molecule has 1 saturated heterocycles. The fourth-order valence-corrected chi connectivity index (χ4v) is 4.89. The Labute approximate surface area is 131 Å². The Morgan fingerprint density at radius 2 is 2.14 bits per heavy atom. The van der Waals surface area contributed by atoms with Gasteiger partial charge in [0.25, 0.3) is 5.91 Å². The molecule has 3 rings (SSSR count). The van der Waals surface area contributed by atoms with Gasteiger partial charge in [0.2, 0.25) is 0 Å². The van der Waals surface area contributed by atoms with E-state index in [4.69, 9.17) is 0 Å². The monoisotopic (exact) mass is 306 g/mol. The number of fused-ring (bicyclic) bond motifs is 1. The highest BCUT2D eigenvalue weighted by Crippen LogP contribution is 2.33. The van der Waals surface area contributed by atoms with Gasteiger partial charge in [0, 0.05) is 23.3 Å². The Hall–Kier alpha value is -0.870. The van der Waals surface area contributed by atoms with Crippen LogP contribution in [0.15, 0.2) is 5.38 Å². The van der Waals surface area contributed by atoms with E-state index in [1.807, 2.05) is 7.05 Å². The van der Waals surface area contributed by atoms with Crippen molar-refractivity contribution in [3.8, 4) is 0 Å². The molecule has 1 N–H and O–H groups in total. The van der Waals surface area contributed by atoms with Crippen molar-refractivity contribution in [3.63, 3.8) is 0 Å². The molecule has 3 nitrogen and oxygen atoms in total. The third-order valence-electron chi connectivity index (χ3n) is 5.03. The average molecular weight is 306 g/mol. The number of thiophene rings is 1. The van der Waals surface area contributed by atoms with Gasteiger partial charge in [-0.25, -0.2) is 0 Å². The molecule has 0 saturated carbocycles. The van der Waals surface area contributed by atoms with Crippen LogP contribution in [0.5, 0.6) is 0 Å². The smallest absolute Gasteiger partial charge is 0.254 e. The van der Waals surface area contributed by atoms with E-state index in [1.54, 1.807) is 11.3 Å². The molecule has 2 heterocycles. The minimum atomic E-state index is 0.282. The van der Waals surface area contributed by atoms with Crippen molar-refractivity contribution in [1.29, 1.82) is 0 Å². The Bertz CT molecular complexity index is 503. The molecule has 1 aliphatic carbocycles. The van der Waals surface area contributed by atoms with Gasteiger partial charge in [-0.15, -0.1) is 11.3 Å². The predicted octanol–water partition coefficient (Wildman–Crippen LogP) is 2.94. The number of hydrogen-bond donors (Lipinski definition) is 1. The fourth-order valence-electron chi connectivity index (χ4n) is 3.66. The van der Waals surface area contributed by atoms with Crippen LogP contribution in [0, 0.1) is 11.8 Å². The summed E-state index contributed by atoms with van der Waals surface area (Å²) in [6.07, 6.45) is 5.76. The predicted molar refractivity (Wildman–Crippen MR) is 88.1 cm³/mol. The van der Waals surface area contributed by atoms with Crippen molar-refractivity contribution < 1.29 is 4.79 Å². The lowest BCUT2D eigenvalue weighted by Crippen LogP contribution is -2.40. The largest absolute Gasteiger partial charge is 0.339 e. The molecule has 1 aromatic heterocycles. The summed E-state index contributed by atoms with van der Waals surface area (Å²) in [6.45, 7) is 5.24. The molecule has 0 spiro atoms. The number of carbonyl (C=O) groups excluding carboxylic acids is 1. The van der Waals surface area contributed by atoms with Crippen molar-refractivity contribution in [2.75, 3.05) is 26.7 Å². The number of amides is 1. The summed E-state index contributed by atoms with van der Waals surface area (Å²) < 4.78 is 0. The van der Waals surface area contributed by atoms with Crippen LogP contribution in [-0.2, 0) is 12.8 Å². The van der Waals surface area contributed by atoms with Crippen LogP contribution in [0.25, 0.3) is 0 Å². The molecule has 0 radical (unpaired) electrons. The molecule has 1 atom stereocenters. The number of carbonyl (C=O) groups is 1. The lowest BCUT2D eigenvalue weighted by atomic mass is 9.88. The summed E-state index contributed by atoms with van der Waals surface area (Å²) in [5.74, 6) is 1.79. The van der Waals surface area contributed by atoms with Crippen LogP contribution < -0.4 is 5.32 Å². The second-order valence-corrected chi connectivity index (χ2v) is 7.66. The van der Waals surface area contributed by atoms with E-state index in [0.29, 0.717) is 0 Å². The number of nitrogens with one attached hydrogen (secondary N) is 1. The van der Waals surface area contributed by atoms with Gasteiger partial charge in [-0.05, 0) is 63.1 Å². The van der Waals surface area contributed by atoms with Crippen molar-refractivity contribution in [1.82, 2.24) is 10.2 Å². The van der Waals surface area contributed by atoms with E-state index in [2.05, 4.69) is 22.5 Å². The topological polar surface area (TPSA) is 32.3 Å². The van der Waals surface area contributed by atoms with Crippen molar-refractivity contribution >= 4 is 17.2 Å². The zero-order valence-corrected chi connectivity index (χ0v) is 14.0. The zero-order valence-electron chi connectivity index (χ0n) is 13.2. The van der Waals surface area contributed by atoms with E-state index in [9.17, 15) is 4.79 Å². The summed E-state index contributed by atoms with van der Waals surface area (Å²) >= 11 is 1.80. The van der Waals surface area contributed by atoms with Crippen LogP contribution >= 0.6 is 11.3 Å². The van der Waals surface area contributed by atoms with E-state index in [0.717, 1.165) is 62.7 Å². The highest BCUT2D eigenvalue weighted by Gasteiger charge is 2.28. The Morgan fingerprint density at radius 1 is 1.38 bits per heavy atom. The Kier molecular flexibility index (Phi) is 4.65. The minimum Gasteiger partial charge on any atom is -0.339 e. The maximum absolute atomic E-state index is 12.8. The number of rotatable bonds is 3. The molecule has 4 heteroatoms. The normalized spacial score (nSPS) is 23.1. The van der Waals surface area contributed by atoms with Crippen LogP contribution in [0.3, 0.4) is 0 Å². The zero-order chi connectivity index (χ0) is 14.8. The van der Waals surface area contributed by atoms with Crippen molar-refractivity contribution in [3.05, 3.63) is 21.4 Å². The van der Waals surface area contributed by atoms with Gasteiger partial charge in [-0.2, -0.15) is 0 Å². The highest BCUT2D eigenvalue weighted by molar-refractivity contribution is 7.10. The van der Waals surface area contributed by atoms with Gasteiger partial charge < -0.3 is 10.2 Å². The second kappa shape index (κ2) is 6.49. The SMILES string of the molecule is CNCC1CCN(C(=O)c2csc3c2CCC(C)C3)CC1. The number of nitrogens with zero attached hydrogens (tertiary/aromatic N) is 1. The van der Waals surface area contributed by atoms with Gasteiger partial charge in [0.05, 0.1) is 5.56 Å². The van der Waals surface area contributed by atoms with Crippen LogP contribution in [0.2, 0.25) is 0 Å². The maximum Gasteiger partial charge on any atom is 0.254 e. The van der Waals surface area contributed by atoms with E-state index in [1.165, 1.54) is 16.9 Å². The van der Waals surface area contributed by atoms with Crippen molar-refractivity contribution in [2.24, 2.45) is 11.8 Å². The molecule has 1 amide bonds. The number of hydrogen-bond acceptors (Lipinski definition) is 3. The van der Waals surface area contributed by atoms with E-state index < -0.39 is 0 Å². The molecular weight excluding hydrogens is 280 g/mol. The standard InChI is InChI=1S/C17H26N2OS/c1-12-3-4-14-15(11-21-16(14)9-12)17(20)19-7-5-13(6-8-19)10-18-2/h11-13,18H,3-10H2,1-2H3. The van der Waals surface area contributed by atoms with Crippen LogP contribution in [0.4, 0.5) is 0 Å². The third-order valence-corrected chi connectivity index (χ3v) is 6.08. The lowest BCUT2D eigenvalue weighted by molar-refractivity contribution is 0.0690. The highest BCUT2D eigenvalue weighted by atomic mass is 32.1. The second-order valence-electron chi connectivity index (χ2n) is 6.69. The molecule has 2 aliphatic rings. The molecule has 1 unspecified atom stereocenters. The van der Waals surface area contributed by atoms with E-state index in [-0.39, 0.29) is 5.91 Å². The van der Waals surface area contributed by atoms with Crippen LogP contribution in [-0.4, -0.2) is 37.5 Å².